The molecule has 2 aromatic rings. The molecule has 0 spiro atoms. The SMILES string of the molecule is COC(OC)C(=O)c1cccc(-c2ccccc2)c1. The third kappa shape index (κ3) is 3.08. The van der Waals surface area contributed by atoms with Gasteiger partial charge in [0.15, 0.2) is 0 Å². The van der Waals surface area contributed by atoms with Gasteiger partial charge in [0, 0.05) is 19.8 Å². The largest absolute Gasteiger partial charge is 0.349 e. The van der Waals surface area contributed by atoms with Gasteiger partial charge in [0.25, 0.3) is 0 Å². The smallest absolute Gasteiger partial charge is 0.222 e. The molecule has 2 rings (SSSR count). The number of carbonyl (C=O) groups excluding carboxylic acids is 1. The van der Waals surface area contributed by atoms with Crippen molar-refractivity contribution in [1.29, 1.82) is 0 Å². The first-order valence-electron chi connectivity index (χ1n) is 6.01. The highest BCUT2D eigenvalue weighted by molar-refractivity contribution is 5.99. The van der Waals surface area contributed by atoms with E-state index in [2.05, 4.69) is 0 Å². The Morgan fingerprint density at radius 3 is 2.16 bits per heavy atom. The molecule has 0 fully saturated rings. The fourth-order valence-electron chi connectivity index (χ4n) is 1.93. The number of Topliss-reactive ketones (excluding diaryl/α,β-unsaturated/α-hetero) is 1. The molecule has 0 bridgehead atoms. The van der Waals surface area contributed by atoms with E-state index in [1.165, 1.54) is 14.2 Å². The average molecular weight is 256 g/mol. The summed E-state index contributed by atoms with van der Waals surface area (Å²) in [4.78, 5) is 12.1. The van der Waals surface area contributed by atoms with Crippen molar-refractivity contribution in [2.75, 3.05) is 14.2 Å². The second-order valence-electron chi connectivity index (χ2n) is 4.11. The molecule has 19 heavy (non-hydrogen) atoms. The highest BCUT2D eigenvalue weighted by Crippen LogP contribution is 2.21. The van der Waals surface area contributed by atoms with E-state index in [0.717, 1.165) is 11.1 Å². The summed E-state index contributed by atoms with van der Waals surface area (Å²) in [7, 11) is 2.90. The number of carbonyl (C=O) groups is 1. The van der Waals surface area contributed by atoms with Gasteiger partial charge in [-0.25, -0.2) is 0 Å². The Bertz CT molecular complexity index is 545. The number of hydrogen-bond donors (Lipinski definition) is 0. The minimum absolute atomic E-state index is 0.178. The molecule has 0 aliphatic rings. The van der Waals surface area contributed by atoms with Crippen LogP contribution in [0.15, 0.2) is 54.6 Å². The van der Waals surface area contributed by atoms with Crippen LogP contribution in [0.3, 0.4) is 0 Å². The predicted molar refractivity (Wildman–Crippen MR) is 74.0 cm³/mol. The number of ketones is 1. The predicted octanol–water partition coefficient (Wildman–Crippen LogP) is 3.16. The molecule has 2 aromatic carbocycles. The van der Waals surface area contributed by atoms with Crippen LogP contribution in [0.1, 0.15) is 10.4 Å². The minimum atomic E-state index is -0.856. The third-order valence-corrected chi connectivity index (χ3v) is 2.90. The van der Waals surface area contributed by atoms with Gasteiger partial charge in [-0.3, -0.25) is 4.79 Å². The van der Waals surface area contributed by atoms with Crippen LogP contribution in [0.5, 0.6) is 0 Å². The minimum Gasteiger partial charge on any atom is -0.349 e. The lowest BCUT2D eigenvalue weighted by molar-refractivity contribution is -0.0742. The molecule has 0 unspecified atom stereocenters. The number of hydrogen-bond acceptors (Lipinski definition) is 3. The first-order chi connectivity index (χ1) is 9.26. The Morgan fingerprint density at radius 2 is 1.53 bits per heavy atom. The molecule has 3 nitrogen and oxygen atoms in total. The summed E-state index contributed by atoms with van der Waals surface area (Å²) in [6.45, 7) is 0. The van der Waals surface area contributed by atoms with E-state index < -0.39 is 6.29 Å². The summed E-state index contributed by atoms with van der Waals surface area (Å²) in [5, 5.41) is 0. The molecule has 0 heterocycles. The van der Waals surface area contributed by atoms with Gasteiger partial charge in [0.05, 0.1) is 0 Å². The zero-order valence-corrected chi connectivity index (χ0v) is 11.0. The zero-order chi connectivity index (χ0) is 13.7. The first-order valence-corrected chi connectivity index (χ1v) is 6.01. The Kier molecular flexibility index (Phi) is 4.44. The van der Waals surface area contributed by atoms with Gasteiger partial charge in [0.2, 0.25) is 12.1 Å². The molecular formula is C16H16O3. The third-order valence-electron chi connectivity index (χ3n) is 2.90. The fourth-order valence-corrected chi connectivity index (χ4v) is 1.93. The molecule has 0 radical (unpaired) electrons. The van der Waals surface area contributed by atoms with Crippen LogP contribution in [-0.2, 0) is 9.47 Å². The number of ether oxygens (including phenoxy) is 2. The van der Waals surface area contributed by atoms with Gasteiger partial charge >= 0.3 is 0 Å². The van der Waals surface area contributed by atoms with Crippen molar-refractivity contribution in [2.45, 2.75) is 6.29 Å². The van der Waals surface area contributed by atoms with Gasteiger partial charge in [0.1, 0.15) is 0 Å². The van der Waals surface area contributed by atoms with E-state index in [0.29, 0.717) is 5.56 Å². The van der Waals surface area contributed by atoms with Crippen molar-refractivity contribution in [3.63, 3.8) is 0 Å². The van der Waals surface area contributed by atoms with Gasteiger partial charge in [-0.05, 0) is 17.2 Å². The molecule has 0 amide bonds. The van der Waals surface area contributed by atoms with E-state index in [4.69, 9.17) is 9.47 Å². The molecule has 0 saturated heterocycles. The molecule has 0 aromatic heterocycles. The quantitative estimate of drug-likeness (QED) is 0.609. The van der Waals surface area contributed by atoms with E-state index in [-0.39, 0.29) is 5.78 Å². The maximum absolute atomic E-state index is 12.1. The van der Waals surface area contributed by atoms with Crippen LogP contribution in [0, 0.1) is 0 Å². The van der Waals surface area contributed by atoms with Crippen LogP contribution in [0.25, 0.3) is 11.1 Å². The molecule has 0 N–H and O–H groups in total. The summed E-state index contributed by atoms with van der Waals surface area (Å²) in [6.07, 6.45) is -0.856. The summed E-state index contributed by atoms with van der Waals surface area (Å²) in [5.41, 5.74) is 2.65. The number of rotatable bonds is 5. The zero-order valence-electron chi connectivity index (χ0n) is 11.0. The Labute approximate surface area is 112 Å². The molecule has 98 valence electrons. The van der Waals surface area contributed by atoms with Crippen molar-refractivity contribution >= 4 is 5.78 Å². The van der Waals surface area contributed by atoms with Crippen molar-refractivity contribution in [2.24, 2.45) is 0 Å². The van der Waals surface area contributed by atoms with E-state index in [1.54, 1.807) is 6.07 Å². The highest BCUT2D eigenvalue weighted by atomic mass is 16.7. The van der Waals surface area contributed by atoms with Crippen LogP contribution in [0.2, 0.25) is 0 Å². The number of benzene rings is 2. The second kappa shape index (κ2) is 6.27. The van der Waals surface area contributed by atoms with E-state index in [9.17, 15) is 4.79 Å². The average Bonchev–Trinajstić information content (AvgIpc) is 2.49. The normalized spacial score (nSPS) is 10.7. The Balaban J connectivity index is 2.32. The van der Waals surface area contributed by atoms with Crippen LogP contribution in [-0.4, -0.2) is 26.3 Å². The monoisotopic (exact) mass is 256 g/mol. The Hall–Kier alpha value is -1.97. The first kappa shape index (κ1) is 13.5. The van der Waals surface area contributed by atoms with Crippen molar-refractivity contribution in [1.82, 2.24) is 0 Å². The van der Waals surface area contributed by atoms with Crippen LogP contribution < -0.4 is 0 Å². The van der Waals surface area contributed by atoms with Gasteiger partial charge in [-0.1, -0.05) is 48.5 Å². The maximum Gasteiger partial charge on any atom is 0.222 e. The maximum atomic E-state index is 12.1. The van der Waals surface area contributed by atoms with Gasteiger partial charge in [-0.15, -0.1) is 0 Å². The highest BCUT2D eigenvalue weighted by Gasteiger charge is 2.18. The van der Waals surface area contributed by atoms with E-state index >= 15 is 0 Å². The van der Waals surface area contributed by atoms with Crippen LogP contribution >= 0.6 is 0 Å². The van der Waals surface area contributed by atoms with Crippen LogP contribution in [0.4, 0.5) is 0 Å². The van der Waals surface area contributed by atoms with Crippen molar-refractivity contribution in [3.05, 3.63) is 60.2 Å². The lowest BCUT2D eigenvalue weighted by Crippen LogP contribution is -2.24. The van der Waals surface area contributed by atoms with Gasteiger partial charge in [-0.2, -0.15) is 0 Å². The van der Waals surface area contributed by atoms with E-state index in [1.807, 2.05) is 48.5 Å². The summed E-state index contributed by atoms with van der Waals surface area (Å²) in [6, 6.07) is 17.4. The summed E-state index contributed by atoms with van der Waals surface area (Å²) >= 11 is 0. The van der Waals surface area contributed by atoms with Crippen molar-refractivity contribution in [3.8, 4) is 11.1 Å². The molecule has 0 atom stereocenters. The lowest BCUT2D eigenvalue weighted by atomic mass is 10.0. The topological polar surface area (TPSA) is 35.5 Å². The molecule has 0 aliphatic carbocycles. The second-order valence-corrected chi connectivity index (χ2v) is 4.11. The molecule has 0 aliphatic heterocycles. The van der Waals surface area contributed by atoms with Gasteiger partial charge < -0.3 is 9.47 Å². The van der Waals surface area contributed by atoms with Crippen molar-refractivity contribution < 1.29 is 14.3 Å². The molecule has 0 saturated carbocycles. The number of methoxy groups -OCH3 is 2. The molecule has 3 heteroatoms. The molecular weight excluding hydrogens is 240 g/mol. The Morgan fingerprint density at radius 1 is 0.895 bits per heavy atom. The fraction of sp³-hybridized carbons (Fsp3) is 0.188. The standard InChI is InChI=1S/C16H16O3/c1-18-16(19-2)15(17)14-10-6-9-13(11-14)12-7-4-3-5-8-12/h3-11,16H,1-2H3. The lowest BCUT2D eigenvalue weighted by Gasteiger charge is -2.12. The summed E-state index contributed by atoms with van der Waals surface area (Å²) < 4.78 is 9.98. The summed E-state index contributed by atoms with van der Waals surface area (Å²) in [5.74, 6) is -0.178.